The topological polar surface area (TPSA) is 121 Å². The molecule has 0 saturated carbocycles. The van der Waals surface area contributed by atoms with Crippen LogP contribution < -0.4 is 0 Å². The van der Waals surface area contributed by atoms with Crippen molar-refractivity contribution in [3.05, 3.63) is 140 Å². The summed E-state index contributed by atoms with van der Waals surface area (Å²) in [7, 11) is 2.34. The summed E-state index contributed by atoms with van der Waals surface area (Å²) < 4.78 is 10.7. The number of benzene rings is 3. The number of carbonyl (C=O) groups is 6. The molecule has 0 amide bonds. The molecule has 0 fully saturated rings. The Bertz CT molecular complexity index is 1730. The van der Waals surface area contributed by atoms with E-state index in [1.807, 2.05) is 0 Å². The Morgan fingerprint density at radius 1 is 0.350 bits per heavy atom. The Kier molecular flexibility index (Phi) is 5.62. The van der Waals surface area contributed by atoms with E-state index in [4.69, 9.17) is 9.47 Å². The normalized spacial score (nSPS) is 16.8. The van der Waals surface area contributed by atoms with Crippen LogP contribution in [0.3, 0.4) is 0 Å². The molecule has 3 aromatic rings. The molecule has 0 bridgehead atoms. The molecule has 40 heavy (non-hydrogen) atoms. The van der Waals surface area contributed by atoms with Gasteiger partial charge in [-0.3, -0.25) is 28.8 Å². The van der Waals surface area contributed by atoms with Crippen LogP contribution in [0.1, 0.15) is 62.1 Å². The van der Waals surface area contributed by atoms with Gasteiger partial charge >= 0.3 is 0 Å². The van der Waals surface area contributed by atoms with Gasteiger partial charge in [0.05, 0.1) is 25.4 Å². The lowest BCUT2D eigenvalue weighted by atomic mass is 9.72. The van der Waals surface area contributed by atoms with Gasteiger partial charge in [-0.05, 0) is 0 Å². The average molecular weight is 530 g/mol. The van der Waals surface area contributed by atoms with Crippen molar-refractivity contribution in [2.24, 2.45) is 0 Å². The molecule has 3 aromatic carbocycles. The number of methoxy groups -OCH3 is 2. The molecule has 0 spiro atoms. The van der Waals surface area contributed by atoms with Gasteiger partial charge in [0.15, 0.2) is 34.7 Å². The van der Waals surface area contributed by atoms with Gasteiger partial charge in [0.1, 0.15) is 0 Å². The third kappa shape index (κ3) is 3.26. The maximum Gasteiger partial charge on any atom is 0.229 e. The van der Waals surface area contributed by atoms with Crippen molar-refractivity contribution >= 4 is 34.7 Å². The van der Waals surface area contributed by atoms with Crippen LogP contribution in [0.4, 0.5) is 0 Å². The first-order valence-electron chi connectivity index (χ1n) is 12.2. The molecule has 0 aliphatic heterocycles. The number of Topliss-reactive ketones (excluding diaryl/α,β-unsaturated/α-hetero) is 6. The first-order valence-corrected chi connectivity index (χ1v) is 12.2. The molecule has 8 nitrogen and oxygen atoms in total. The number of ether oxygens (including phenoxy) is 2. The van der Waals surface area contributed by atoms with E-state index in [9.17, 15) is 28.8 Å². The van der Waals surface area contributed by atoms with Crippen LogP contribution in [0.25, 0.3) is 0 Å². The second-order valence-electron chi connectivity index (χ2n) is 9.18. The lowest BCUT2D eigenvalue weighted by molar-refractivity contribution is 0.0892. The van der Waals surface area contributed by atoms with E-state index < -0.39 is 68.5 Å². The number of hydrogen-bond acceptors (Lipinski definition) is 8. The van der Waals surface area contributed by atoms with Crippen LogP contribution in [-0.2, 0) is 9.47 Å². The fourth-order valence-electron chi connectivity index (χ4n) is 5.40. The summed E-state index contributed by atoms with van der Waals surface area (Å²) in [6, 6.07) is 18.0. The number of fused-ring (bicyclic) bond motifs is 3. The highest BCUT2D eigenvalue weighted by Crippen LogP contribution is 2.42. The number of ketones is 6. The Morgan fingerprint density at radius 2 is 0.575 bits per heavy atom. The van der Waals surface area contributed by atoms with Gasteiger partial charge in [0.25, 0.3) is 0 Å². The van der Waals surface area contributed by atoms with Crippen molar-refractivity contribution in [2.45, 2.75) is 0 Å². The van der Waals surface area contributed by atoms with Crippen molar-refractivity contribution in [3.8, 4) is 0 Å². The lowest BCUT2D eigenvalue weighted by Gasteiger charge is -2.28. The molecule has 0 unspecified atom stereocenters. The maximum atomic E-state index is 14.1. The standard InChI is InChI=1S/C32H18O8/c1-39-31-23(27(35)17-11-5-7-13-19(17)29(31)37)21-22(26(34)16-10-4-3-9-15(16)25(21)33)24-28(36)18-12-6-8-14-20(18)30(38)32(24)40-2/h3-14H,1-2H3. The molecule has 3 aliphatic carbocycles. The van der Waals surface area contributed by atoms with Crippen LogP contribution in [0.15, 0.2) is 107 Å². The minimum absolute atomic E-state index is 0.00611. The van der Waals surface area contributed by atoms with Gasteiger partial charge in [-0.25, -0.2) is 0 Å². The van der Waals surface area contributed by atoms with Crippen molar-refractivity contribution in [1.82, 2.24) is 0 Å². The molecule has 6 rings (SSSR count). The lowest BCUT2D eigenvalue weighted by Crippen LogP contribution is -2.34. The molecule has 0 saturated heterocycles. The highest BCUT2D eigenvalue weighted by atomic mass is 16.5. The number of carbonyl (C=O) groups excluding carboxylic acids is 6. The Morgan fingerprint density at radius 3 is 0.825 bits per heavy atom. The van der Waals surface area contributed by atoms with E-state index in [1.54, 1.807) is 36.4 Å². The predicted molar refractivity (Wildman–Crippen MR) is 140 cm³/mol. The monoisotopic (exact) mass is 530 g/mol. The quantitative estimate of drug-likeness (QED) is 0.489. The molecular formula is C32H18O8. The van der Waals surface area contributed by atoms with E-state index in [1.165, 1.54) is 50.6 Å². The van der Waals surface area contributed by atoms with Gasteiger partial charge in [0.2, 0.25) is 11.6 Å². The fourth-order valence-corrected chi connectivity index (χ4v) is 5.40. The van der Waals surface area contributed by atoms with Crippen LogP contribution in [0.2, 0.25) is 0 Å². The van der Waals surface area contributed by atoms with Gasteiger partial charge < -0.3 is 9.47 Å². The van der Waals surface area contributed by atoms with Gasteiger partial charge in [-0.2, -0.15) is 0 Å². The van der Waals surface area contributed by atoms with Crippen molar-refractivity contribution < 1.29 is 38.2 Å². The first-order chi connectivity index (χ1) is 19.3. The summed E-state index contributed by atoms with van der Waals surface area (Å²) in [6.45, 7) is 0. The largest absolute Gasteiger partial charge is 0.492 e. The summed E-state index contributed by atoms with van der Waals surface area (Å²) in [5.41, 5.74) is -1.83. The number of allylic oxidation sites excluding steroid dienone is 6. The molecule has 0 radical (unpaired) electrons. The highest BCUT2D eigenvalue weighted by Gasteiger charge is 2.46. The van der Waals surface area contributed by atoms with Gasteiger partial charge in [-0.15, -0.1) is 0 Å². The van der Waals surface area contributed by atoms with Crippen LogP contribution in [0, 0.1) is 0 Å². The SMILES string of the molecule is COC1=C(C2=C(C3=C(OC)C(=O)c4ccccc4C3=O)C(=O)c3ccccc3C2=O)C(=O)c2ccccc2C1=O. The van der Waals surface area contributed by atoms with Gasteiger partial charge in [0, 0.05) is 44.5 Å². The third-order valence-electron chi connectivity index (χ3n) is 7.18. The molecule has 194 valence electrons. The van der Waals surface area contributed by atoms with E-state index >= 15 is 0 Å². The summed E-state index contributed by atoms with van der Waals surface area (Å²) in [5, 5.41) is 0. The third-order valence-corrected chi connectivity index (χ3v) is 7.18. The average Bonchev–Trinajstić information content (AvgIpc) is 2.99. The molecule has 0 heterocycles. The van der Waals surface area contributed by atoms with Crippen LogP contribution in [-0.4, -0.2) is 48.9 Å². The summed E-state index contributed by atoms with van der Waals surface area (Å²) >= 11 is 0. The zero-order valence-electron chi connectivity index (χ0n) is 21.2. The van der Waals surface area contributed by atoms with E-state index in [2.05, 4.69) is 0 Å². The maximum absolute atomic E-state index is 14.1. The fraction of sp³-hybridized carbons (Fsp3) is 0.0625. The zero-order valence-corrected chi connectivity index (χ0v) is 21.2. The summed E-state index contributed by atoms with van der Waals surface area (Å²) in [6.07, 6.45) is 0. The Balaban J connectivity index is 1.75. The number of rotatable bonds is 4. The molecular weight excluding hydrogens is 512 g/mol. The second kappa shape index (κ2) is 9.06. The smallest absolute Gasteiger partial charge is 0.229 e. The van der Waals surface area contributed by atoms with Crippen LogP contribution in [0.5, 0.6) is 0 Å². The van der Waals surface area contributed by atoms with Crippen molar-refractivity contribution in [2.75, 3.05) is 14.2 Å². The minimum atomic E-state index is -0.780. The van der Waals surface area contributed by atoms with Crippen molar-refractivity contribution in [3.63, 3.8) is 0 Å². The Labute approximate surface area is 227 Å². The van der Waals surface area contributed by atoms with Crippen molar-refractivity contribution in [1.29, 1.82) is 0 Å². The molecule has 3 aliphatic rings. The highest BCUT2D eigenvalue weighted by molar-refractivity contribution is 6.41. The van der Waals surface area contributed by atoms with Gasteiger partial charge in [-0.1, -0.05) is 72.8 Å². The molecule has 0 atom stereocenters. The predicted octanol–water partition coefficient (Wildman–Crippen LogP) is 4.32. The Hall–Kier alpha value is -5.50. The molecule has 8 heteroatoms. The van der Waals surface area contributed by atoms with E-state index in [0.29, 0.717) is 0 Å². The molecule has 0 N–H and O–H groups in total. The summed E-state index contributed by atoms with van der Waals surface area (Å²) in [5.74, 6) is -5.29. The first kappa shape index (κ1) is 24.8. The van der Waals surface area contributed by atoms with E-state index in [0.717, 1.165) is 0 Å². The summed E-state index contributed by atoms with van der Waals surface area (Å²) in [4.78, 5) is 83.1. The van der Waals surface area contributed by atoms with Crippen LogP contribution >= 0.6 is 0 Å². The molecule has 0 aromatic heterocycles. The zero-order chi connectivity index (χ0) is 28.3. The second-order valence-corrected chi connectivity index (χ2v) is 9.18. The van der Waals surface area contributed by atoms with E-state index in [-0.39, 0.29) is 33.4 Å². The number of hydrogen-bond donors (Lipinski definition) is 0. The minimum Gasteiger partial charge on any atom is -0.492 e.